The van der Waals surface area contributed by atoms with Crippen LogP contribution in [-0.2, 0) is 28.6 Å². The summed E-state index contributed by atoms with van der Waals surface area (Å²) in [6.45, 7) is 1.50. The molecule has 0 spiro atoms. The average Bonchev–Trinajstić information content (AvgIpc) is 2.23. The monoisotopic (exact) mass is 351 g/mol. The van der Waals surface area contributed by atoms with E-state index in [1.807, 2.05) is 0 Å². The highest BCUT2D eigenvalue weighted by Gasteiger charge is 2.01. The lowest BCUT2D eigenvalue weighted by Gasteiger charge is -2.04. The minimum atomic E-state index is -3.36. The summed E-state index contributed by atoms with van der Waals surface area (Å²) in [7, 11) is -6.71. The van der Waals surface area contributed by atoms with E-state index in [1.165, 1.54) is 0 Å². The summed E-state index contributed by atoms with van der Waals surface area (Å²) in [5.74, 6) is 0. The Balaban J connectivity index is 0. The minimum absolute atomic E-state index is 0.145. The summed E-state index contributed by atoms with van der Waals surface area (Å²) in [5.41, 5.74) is 0. The van der Waals surface area contributed by atoms with Gasteiger partial charge in [-0.3, -0.25) is 8.37 Å². The normalized spacial score (nSPS) is 11.5. The topological polar surface area (TPSA) is 156 Å². The number of hydrogen-bond donors (Lipinski definition) is 3. The highest BCUT2D eigenvalue weighted by molar-refractivity contribution is 7.86. The number of nitrogens with one attached hydrogen (secondary N) is 1. The molecule has 0 atom stereocenters. The second-order valence-corrected chi connectivity index (χ2v) is 7.08. The van der Waals surface area contributed by atoms with Crippen molar-refractivity contribution >= 4 is 26.4 Å². The molecule has 0 amide bonds. The molecule has 3 N–H and O–H groups in total. The summed E-state index contributed by atoms with van der Waals surface area (Å²) in [6.07, 6.45) is 1.31. The first-order valence-corrected chi connectivity index (χ1v) is 9.39. The van der Waals surface area contributed by atoms with E-state index in [-0.39, 0.29) is 13.2 Å². The lowest BCUT2D eigenvalue weighted by atomic mass is 10.4. The van der Waals surface area contributed by atoms with Crippen LogP contribution in [0.3, 0.4) is 0 Å². The molecule has 12 heteroatoms. The molecule has 0 aliphatic carbocycles. The van der Waals surface area contributed by atoms with Crippen LogP contribution in [0.5, 0.6) is 0 Å². The molecule has 0 rings (SSSR count). The Morgan fingerprint density at radius 2 is 1.19 bits per heavy atom. The summed E-state index contributed by atoms with van der Waals surface area (Å²) in [6, 6.07) is 0. The van der Waals surface area contributed by atoms with Crippen molar-refractivity contribution in [1.29, 1.82) is 0 Å². The van der Waals surface area contributed by atoms with Crippen LogP contribution in [0.2, 0.25) is 0 Å². The van der Waals surface area contributed by atoms with E-state index < -0.39 is 26.4 Å². The standard InChI is InChI=1S/C8H19NO6S2.CH2O3/c1-16(10,11)14-7-3-5-9-6-4-8-15-17(2,12)13;2-1(3)4/h9H,3-8H2,1-2H3;(H2,2,3,4). The lowest BCUT2D eigenvalue weighted by Crippen LogP contribution is -2.20. The molecule has 0 aromatic rings. The lowest BCUT2D eigenvalue weighted by molar-refractivity contribution is 0.137. The van der Waals surface area contributed by atoms with Crippen LogP contribution in [0.1, 0.15) is 12.8 Å². The van der Waals surface area contributed by atoms with Gasteiger partial charge in [-0.1, -0.05) is 0 Å². The molecule has 0 saturated carbocycles. The van der Waals surface area contributed by atoms with Gasteiger partial charge >= 0.3 is 6.16 Å². The molecular weight excluding hydrogens is 330 g/mol. The Labute approximate surface area is 124 Å². The summed E-state index contributed by atoms with van der Waals surface area (Å²) in [4.78, 5) is 8.56. The van der Waals surface area contributed by atoms with Crippen LogP contribution in [0.15, 0.2) is 0 Å². The highest BCUT2D eigenvalue weighted by atomic mass is 32.2. The van der Waals surface area contributed by atoms with Crippen LogP contribution in [0.25, 0.3) is 0 Å². The predicted molar refractivity (Wildman–Crippen MR) is 74.3 cm³/mol. The maximum absolute atomic E-state index is 10.6. The second-order valence-electron chi connectivity index (χ2n) is 3.79. The number of hydrogen-bond acceptors (Lipinski definition) is 8. The van der Waals surface area contributed by atoms with Crippen LogP contribution < -0.4 is 5.32 Å². The quantitative estimate of drug-likeness (QED) is 0.347. The van der Waals surface area contributed by atoms with Crippen LogP contribution >= 0.6 is 0 Å². The van der Waals surface area contributed by atoms with Gasteiger partial charge in [0.05, 0.1) is 25.7 Å². The van der Waals surface area contributed by atoms with E-state index in [1.54, 1.807) is 0 Å². The van der Waals surface area contributed by atoms with Gasteiger partial charge in [0.25, 0.3) is 20.2 Å². The van der Waals surface area contributed by atoms with Gasteiger partial charge in [0.1, 0.15) is 0 Å². The SMILES string of the molecule is CS(=O)(=O)OCCCNCCCOS(C)(=O)=O.O=C(O)O. The first-order chi connectivity index (χ1) is 9.44. The number of carboxylic acid groups (broad SMARTS) is 2. The van der Waals surface area contributed by atoms with E-state index >= 15 is 0 Å². The van der Waals surface area contributed by atoms with Crippen LogP contribution in [0, 0.1) is 0 Å². The van der Waals surface area contributed by atoms with E-state index in [0.717, 1.165) is 12.5 Å². The molecule has 0 radical (unpaired) electrons. The molecule has 128 valence electrons. The Morgan fingerprint density at radius 3 is 1.43 bits per heavy atom. The molecule has 0 heterocycles. The fourth-order valence-electron chi connectivity index (χ4n) is 0.940. The molecule has 21 heavy (non-hydrogen) atoms. The summed E-state index contributed by atoms with van der Waals surface area (Å²) in [5, 5.41) is 17.0. The Kier molecular flexibility index (Phi) is 12.4. The number of carbonyl (C=O) groups is 1. The van der Waals surface area contributed by atoms with Gasteiger partial charge in [0, 0.05) is 0 Å². The van der Waals surface area contributed by atoms with Gasteiger partial charge in [0.15, 0.2) is 0 Å². The zero-order valence-corrected chi connectivity index (χ0v) is 13.4. The maximum Gasteiger partial charge on any atom is 0.503 e. The van der Waals surface area contributed by atoms with Crippen molar-refractivity contribution in [2.75, 3.05) is 38.8 Å². The van der Waals surface area contributed by atoms with Crippen molar-refractivity contribution in [3.8, 4) is 0 Å². The average molecular weight is 351 g/mol. The Morgan fingerprint density at radius 1 is 0.905 bits per heavy atom. The zero-order valence-electron chi connectivity index (χ0n) is 11.8. The second kappa shape index (κ2) is 11.7. The maximum atomic E-state index is 10.6. The third-order valence-corrected chi connectivity index (χ3v) is 2.78. The van der Waals surface area contributed by atoms with Gasteiger partial charge in [-0.15, -0.1) is 0 Å². The molecule has 0 bridgehead atoms. The van der Waals surface area contributed by atoms with Crippen molar-refractivity contribution in [2.45, 2.75) is 12.8 Å². The van der Waals surface area contributed by atoms with Gasteiger partial charge in [-0.25, -0.2) is 4.79 Å². The zero-order chi connectivity index (χ0) is 16.9. The smallest absolute Gasteiger partial charge is 0.450 e. The van der Waals surface area contributed by atoms with Gasteiger partial charge in [-0.05, 0) is 25.9 Å². The molecule has 0 unspecified atom stereocenters. The van der Waals surface area contributed by atoms with Crippen LogP contribution in [0.4, 0.5) is 4.79 Å². The summed E-state index contributed by atoms with van der Waals surface area (Å²) >= 11 is 0. The van der Waals surface area contributed by atoms with Gasteiger partial charge < -0.3 is 15.5 Å². The Hall–Kier alpha value is -0.950. The Bertz CT molecular complexity index is 429. The predicted octanol–water partition coefficient (Wildman–Crippen LogP) is -0.469. The number of rotatable bonds is 10. The largest absolute Gasteiger partial charge is 0.503 e. The van der Waals surface area contributed by atoms with Gasteiger partial charge in [-0.2, -0.15) is 16.8 Å². The first kappa shape index (κ1) is 22.3. The molecule has 0 saturated heterocycles. The molecule has 0 aromatic carbocycles. The molecule has 0 aliphatic heterocycles. The van der Waals surface area contributed by atoms with Crippen molar-refractivity contribution in [1.82, 2.24) is 5.32 Å². The highest BCUT2D eigenvalue weighted by Crippen LogP contribution is 1.90. The van der Waals surface area contributed by atoms with Crippen molar-refractivity contribution in [2.24, 2.45) is 0 Å². The fourth-order valence-corrected chi connectivity index (χ4v) is 1.78. The molecule has 10 nitrogen and oxygen atoms in total. The van der Waals surface area contributed by atoms with E-state index in [2.05, 4.69) is 13.7 Å². The molecule has 0 aliphatic rings. The van der Waals surface area contributed by atoms with Crippen molar-refractivity contribution < 1.29 is 40.2 Å². The molecule has 0 fully saturated rings. The fraction of sp³-hybridized carbons (Fsp3) is 0.889. The van der Waals surface area contributed by atoms with Crippen molar-refractivity contribution in [3.05, 3.63) is 0 Å². The minimum Gasteiger partial charge on any atom is -0.450 e. The van der Waals surface area contributed by atoms with E-state index in [9.17, 15) is 16.8 Å². The first-order valence-electron chi connectivity index (χ1n) is 5.75. The van der Waals surface area contributed by atoms with E-state index in [0.29, 0.717) is 25.9 Å². The third-order valence-electron chi connectivity index (χ3n) is 1.59. The third kappa shape index (κ3) is 32.5. The van der Waals surface area contributed by atoms with Crippen molar-refractivity contribution in [3.63, 3.8) is 0 Å². The molecular formula is C9H21NO9S2. The van der Waals surface area contributed by atoms with E-state index in [4.69, 9.17) is 15.0 Å². The summed E-state index contributed by atoms with van der Waals surface area (Å²) < 4.78 is 51.4. The molecule has 0 aromatic heterocycles. The van der Waals surface area contributed by atoms with Gasteiger partial charge in [0.2, 0.25) is 0 Å². The van der Waals surface area contributed by atoms with Crippen LogP contribution in [-0.4, -0.2) is 72.0 Å².